The van der Waals surface area contributed by atoms with Gasteiger partial charge in [0, 0.05) is 11.6 Å². The molecule has 2 aromatic rings. The third-order valence-electron chi connectivity index (χ3n) is 3.80. The van der Waals surface area contributed by atoms with E-state index in [9.17, 15) is 0 Å². The maximum absolute atomic E-state index is 5.30. The number of likely N-dealkylation sites (tertiary alicyclic amines) is 1. The third kappa shape index (κ3) is 3.33. The molecule has 21 heavy (non-hydrogen) atoms. The van der Waals surface area contributed by atoms with Crippen LogP contribution in [0.5, 0.6) is 5.75 Å². The van der Waals surface area contributed by atoms with E-state index in [-0.39, 0.29) is 0 Å². The molecule has 1 aromatic heterocycles. The van der Waals surface area contributed by atoms with Gasteiger partial charge in [-0.2, -0.15) is 4.98 Å². The molecule has 0 amide bonds. The van der Waals surface area contributed by atoms with Gasteiger partial charge in [-0.3, -0.25) is 0 Å². The van der Waals surface area contributed by atoms with Gasteiger partial charge in [0.2, 0.25) is 5.82 Å². The minimum atomic E-state index is 0.403. The van der Waals surface area contributed by atoms with E-state index in [0.717, 1.165) is 37.2 Å². The van der Waals surface area contributed by atoms with E-state index in [4.69, 9.17) is 9.26 Å². The van der Waals surface area contributed by atoms with Crippen molar-refractivity contribution in [3.8, 4) is 17.1 Å². The lowest BCUT2D eigenvalue weighted by atomic mass is 10.1. The Hall–Kier alpha value is -2.08. The first-order valence-corrected chi connectivity index (χ1v) is 7.18. The molecule has 6 nitrogen and oxygen atoms in total. The molecule has 2 heterocycles. The van der Waals surface area contributed by atoms with Gasteiger partial charge in [-0.15, -0.1) is 0 Å². The quantitative estimate of drug-likeness (QED) is 0.931. The first kappa shape index (κ1) is 13.9. The van der Waals surface area contributed by atoms with Crippen LogP contribution in [0, 0.1) is 0 Å². The van der Waals surface area contributed by atoms with E-state index in [1.54, 1.807) is 7.11 Å². The molecule has 0 bridgehead atoms. The first-order chi connectivity index (χ1) is 10.2. The Balaban J connectivity index is 1.68. The van der Waals surface area contributed by atoms with Gasteiger partial charge >= 0.3 is 6.01 Å². The monoisotopic (exact) mass is 288 g/mol. The van der Waals surface area contributed by atoms with Gasteiger partial charge in [0.15, 0.2) is 0 Å². The molecule has 112 valence electrons. The van der Waals surface area contributed by atoms with Crippen LogP contribution in [0.3, 0.4) is 0 Å². The van der Waals surface area contributed by atoms with Crippen LogP contribution in [0.2, 0.25) is 0 Å². The Morgan fingerprint density at radius 2 is 2.14 bits per heavy atom. The first-order valence-electron chi connectivity index (χ1n) is 7.18. The number of ether oxygens (including phenoxy) is 1. The highest BCUT2D eigenvalue weighted by molar-refractivity contribution is 5.57. The second kappa shape index (κ2) is 6.13. The van der Waals surface area contributed by atoms with Crippen LogP contribution >= 0.6 is 0 Å². The summed E-state index contributed by atoms with van der Waals surface area (Å²) in [7, 11) is 3.78. The summed E-state index contributed by atoms with van der Waals surface area (Å²) in [6.45, 7) is 2.18. The summed E-state index contributed by atoms with van der Waals surface area (Å²) < 4.78 is 10.5. The van der Waals surface area contributed by atoms with Crippen LogP contribution in [0.15, 0.2) is 28.8 Å². The van der Waals surface area contributed by atoms with Gasteiger partial charge in [-0.25, -0.2) is 0 Å². The summed E-state index contributed by atoms with van der Waals surface area (Å²) in [5.41, 5.74) is 0.884. The van der Waals surface area contributed by atoms with Gasteiger partial charge < -0.3 is 19.5 Å². The lowest BCUT2D eigenvalue weighted by molar-refractivity contribution is 0.261. The SMILES string of the molecule is COc1cccc(-c2noc(NC3CCN(C)CC3)n2)c1. The fourth-order valence-corrected chi connectivity index (χ4v) is 2.49. The zero-order chi connectivity index (χ0) is 14.7. The lowest BCUT2D eigenvalue weighted by Crippen LogP contribution is -2.36. The van der Waals surface area contributed by atoms with Gasteiger partial charge in [-0.05, 0) is 45.1 Å². The number of nitrogens with zero attached hydrogens (tertiary/aromatic N) is 3. The van der Waals surface area contributed by atoms with Gasteiger partial charge in [0.1, 0.15) is 5.75 Å². The molecular formula is C15H20N4O2. The predicted octanol–water partition coefficient (Wildman–Crippen LogP) is 2.25. The molecule has 1 aliphatic rings. The summed E-state index contributed by atoms with van der Waals surface area (Å²) in [5, 5.41) is 7.35. The maximum atomic E-state index is 5.30. The summed E-state index contributed by atoms with van der Waals surface area (Å²) in [4.78, 5) is 6.74. The van der Waals surface area contributed by atoms with Gasteiger partial charge in [-0.1, -0.05) is 17.3 Å². The molecule has 0 atom stereocenters. The van der Waals surface area contributed by atoms with Gasteiger partial charge in [0.05, 0.1) is 7.11 Å². The molecule has 0 unspecified atom stereocenters. The van der Waals surface area contributed by atoms with Crippen LogP contribution in [-0.4, -0.2) is 48.3 Å². The van der Waals surface area contributed by atoms with E-state index in [2.05, 4.69) is 27.4 Å². The summed E-state index contributed by atoms with van der Waals surface area (Å²) in [6, 6.07) is 8.52. The zero-order valence-electron chi connectivity index (χ0n) is 12.4. The number of nitrogens with one attached hydrogen (secondary N) is 1. The van der Waals surface area contributed by atoms with Crippen LogP contribution in [-0.2, 0) is 0 Å². The number of methoxy groups -OCH3 is 1. The molecule has 3 rings (SSSR count). The fourth-order valence-electron chi connectivity index (χ4n) is 2.49. The molecule has 1 N–H and O–H groups in total. The van der Waals surface area contributed by atoms with E-state index in [1.807, 2.05) is 24.3 Å². The highest BCUT2D eigenvalue weighted by Crippen LogP contribution is 2.23. The average Bonchev–Trinajstić information content (AvgIpc) is 2.98. The molecule has 0 aliphatic carbocycles. The van der Waals surface area contributed by atoms with Crippen molar-refractivity contribution in [2.75, 3.05) is 32.6 Å². The standard InChI is InChI=1S/C15H20N4O2/c1-19-8-6-12(7-9-19)16-15-17-14(18-21-15)11-4-3-5-13(10-11)20-2/h3-5,10,12H,6-9H2,1-2H3,(H,16,17,18). The molecule has 1 aromatic carbocycles. The Bertz CT molecular complexity index is 591. The average molecular weight is 288 g/mol. The number of aromatic nitrogens is 2. The van der Waals surface area contributed by atoms with E-state index in [0.29, 0.717) is 17.9 Å². The number of piperidine rings is 1. The van der Waals surface area contributed by atoms with Crippen LogP contribution in [0.4, 0.5) is 6.01 Å². The number of hydrogen-bond acceptors (Lipinski definition) is 6. The van der Waals surface area contributed by atoms with Crippen LogP contribution in [0.1, 0.15) is 12.8 Å². The number of benzene rings is 1. The Labute approximate surface area is 124 Å². The highest BCUT2D eigenvalue weighted by atomic mass is 16.5. The Kier molecular flexibility index (Phi) is 4.06. The second-order valence-corrected chi connectivity index (χ2v) is 5.38. The van der Waals surface area contributed by atoms with Crippen LogP contribution < -0.4 is 10.1 Å². The minimum absolute atomic E-state index is 0.403. The Morgan fingerprint density at radius 1 is 1.33 bits per heavy atom. The van der Waals surface area contributed by atoms with Gasteiger partial charge in [0.25, 0.3) is 0 Å². The molecule has 0 radical (unpaired) electrons. The van der Waals surface area contributed by atoms with E-state index in [1.165, 1.54) is 0 Å². The molecular weight excluding hydrogens is 268 g/mol. The van der Waals surface area contributed by atoms with Crippen molar-refractivity contribution in [2.24, 2.45) is 0 Å². The molecule has 6 heteroatoms. The second-order valence-electron chi connectivity index (χ2n) is 5.38. The summed E-state index contributed by atoms with van der Waals surface area (Å²) in [5.74, 6) is 1.35. The zero-order valence-corrected chi connectivity index (χ0v) is 12.4. The van der Waals surface area contributed by atoms with Crippen molar-refractivity contribution in [3.63, 3.8) is 0 Å². The molecule has 1 aliphatic heterocycles. The molecule has 1 fully saturated rings. The van der Waals surface area contributed by atoms with Crippen molar-refractivity contribution in [1.82, 2.24) is 15.0 Å². The molecule has 1 saturated heterocycles. The maximum Gasteiger partial charge on any atom is 0.322 e. The smallest absolute Gasteiger partial charge is 0.322 e. The normalized spacial score (nSPS) is 16.9. The van der Waals surface area contributed by atoms with Crippen molar-refractivity contribution in [2.45, 2.75) is 18.9 Å². The fraction of sp³-hybridized carbons (Fsp3) is 0.467. The lowest BCUT2D eigenvalue weighted by Gasteiger charge is -2.28. The number of rotatable bonds is 4. The topological polar surface area (TPSA) is 63.4 Å². The minimum Gasteiger partial charge on any atom is -0.497 e. The van der Waals surface area contributed by atoms with Crippen molar-refractivity contribution in [1.29, 1.82) is 0 Å². The third-order valence-corrected chi connectivity index (χ3v) is 3.80. The largest absolute Gasteiger partial charge is 0.497 e. The predicted molar refractivity (Wildman–Crippen MR) is 80.4 cm³/mol. The molecule has 0 spiro atoms. The summed E-state index contributed by atoms with van der Waals surface area (Å²) >= 11 is 0. The number of hydrogen-bond donors (Lipinski definition) is 1. The Morgan fingerprint density at radius 3 is 2.90 bits per heavy atom. The van der Waals surface area contributed by atoms with Crippen molar-refractivity contribution < 1.29 is 9.26 Å². The van der Waals surface area contributed by atoms with Crippen molar-refractivity contribution in [3.05, 3.63) is 24.3 Å². The highest BCUT2D eigenvalue weighted by Gasteiger charge is 2.19. The van der Waals surface area contributed by atoms with Crippen molar-refractivity contribution >= 4 is 6.01 Å². The van der Waals surface area contributed by atoms with E-state index >= 15 is 0 Å². The van der Waals surface area contributed by atoms with Crippen LogP contribution in [0.25, 0.3) is 11.4 Å². The number of anilines is 1. The molecule has 0 saturated carbocycles. The van der Waals surface area contributed by atoms with E-state index < -0.39 is 0 Å². The summed E-state index contributed by atoms with van der Waals surface area (Å²) in [6.07, 6.45) is 2.18.